The molecule has 0 bridgehead atoms. The molecule has 2 amide bonds. The fourth-order valence-electron chi connectivity index (χ4n) is 3.18. The first kappa shape index (κ1) is 17.1. The van der Waals surface area contributed by atoms with Gasteiger partial charge in [-0.3, -0.25) is 0 Å². The Labute approximate surface area is 139 Å². The Kier molecular flexibility index (Phi) is 5.01. The van der Waals surface area contributed by atoms with Crippen LogP contribution in [0.25, 0.3) is 0 Å². The van der Waals surface area contributed by atoms with Gasteiger partial charge in [-0.25, -0.2) is 13.6 Å². The molecule has 2 heterocycles. The van der Waals surface area contributed by atoms with Crippen LogP contribution in [0.3, 0.4) is 0 Å². The largest absolute Gasteiger partial charge is 0.346 e. The van der Waals surface area contributed by atoms with Gasteiger partial charge in [-0.15, -0.1) is 0 Å². The van der Waals surface area contributed by atoms with E-state index in [2.05, 4.69) is 5.32 Å². The van der Waals surface area contributed by atoms with Crippen LogP contribution in [-0.2, 0) is 9.47 Å². The van der Waals surface area contributed by atoms with Gasteiger partial charge in [-0.2, -0.15) is 0 Å². The highest BCUT2D eigenvalue weighted by Crippen LogP contribution is 2.30. The van der Waals surface area contributed by atoms with Gasteiger partial charge in [-0.05, 0) is 30.0 Å². The van der Waals surface area contributed by atoms with Crippen LogP contribution >= 0.6 is 0 Å². The van der Waals surface area contributed by atoms with Gasteiger partial charge in [0.15, 0.2) is 17.4 Å². The molecular weight excluding hydrogens is 318 g/mol. The number of carbonyl (C=O) groups excluding carboxylic acids is 1. The molecule has 1 atom stereocenters. The number of nitrogens with one attached hydrogen (secondary N) is 1. The zero-order valence-electron chi connectivity index (χ0n) is 13.7. The molecule has 132 valence electrons. The quantitative estimate of drug-likeness (QED) is 0.920. The molecule has 1 spiro atoms. The van der Waals surface area contributed by atoms with Crippen molar-refractivity contribution in [3.8, 4) is 0 Å². The summed E-state index contributed by atoms with van der Waals surface area (Å²) < 4.78 is 37.6. The molecule has 0 saturated carbocycles. The lowest BCUT2D eigenvalue weighted by Gasteiger charge is -2.38. The average molecular weight is 340 g/mol. The molecule has 0 unspecified atom stereocenters. The van der Waals surface area contributed by atoms with Crippen molar-refractivity contribution in [1.29, 1.82) is 0 Å². The summed E-state index contributed by atoms with van der Waals surface area (Å²) in [4.78, 5) is 14.1. The highest BCUT2D eigenvalue weighted by atomic mass is 19.2. The zero-order chi connectivity index (χ0) is 17.2. The van der Waals surface area contributed by atoms with Crippen molar-refractivity contribution in [1.82, 2.24) is 10.2 Å². The average Bonchev–Trinajstić information content (AvgIpc) is 3.02. The second-order valence-electron chi connectivity index (χ2n) is 6.39. The Bertz CT molecular complexity index is 605. The molecule has 0 aliphatic carbocycles. The van der Waals surface area contributed by atoms with E-state index >= 15 is 0 Å². The van der Waals surface area contributed by atoms with Gasteiger partial charge >= 0.3 is 6.03 Å². The van der Waals surface area contributed by atoms with Gasteiger partial charge in [0.1, 0.15) is 0 Å². The molecule has 1 N–H and O–H groups in total. The molecule has 0 radical (unpaired) electrons. The van der Waals surface area contributed by atoms with Crippen LogP contribution in [0.15, 0.2) is 18.2 Å². The maximum atomic E-state index is 13.3. The Morgan fingerprint density at radius 3 is 2.79 bits per heavy atom. The van der Waals surface area contributed by atoms with Gasteiger partial charge in [0.05, 0.1) is 19.8 Å². The number of hydrogen-bond donors (Lipinski definition) is 1. The topological polar surface area (TPSA) is 50.8 Å². The molecule has 0 aromatic heterocycles. The number of piperidine rings is 1. The van der Waals surface area contributed by atoms with Gasteiger partial charge in [-0.1, -0.05) is 13.0 Å². The third-order valence-corrected chi connectivity index (χ3v) is 4.59. The summed E-state index contributed by atoms with van der Waals surface area (Å²) in [6.45, 7) is 4.38. The van der Waals surface area contributed by atoms with Gasteiger partial charge in [0.2, 0.25) is 0 Å². The van der Waals surface area contributed by atoms with E-state index in [9.17, 15) is 13.6 Å². The minimum Gasteiger partial charge on any atom is -0.346 e. The van der Waals surface area contributed by atoms with Crippen LogP contribution in [0.1, 0.15) is 31.2 Å². The lowest BCUT2D eigenvalue weighted by atomic mass is 10.0. The van der Waals surface area contributed by atoms with E-state index in [1.165, 1.54) is 12.1 Å². The van der Waals surface area contributed by atoms with Crippen molar-refractivity contribution < 1.29 is 23.0 Å². The summed E-state index contributed by atoms with van der Waals surface area (Å²) in [5.74, 6) is -2.52. The lowest BCUT2D eigenvalue weighted by Crippen LogP contribution is -2.54. The van der Waals surface area contributed by atoms with E-state index in [0.717, 1.165) is 18.9 Å². The molecule has 2 saturated heterocycles. The Hall–Kier alpha value is -1.73. The molecular formula is C17H22F2N2O3. The maximum absolute atomic E-state index is 13.3. The first-order valence-corrected chi connectivity index (χ1v) is 8.25. The molecule has 7 heteroatoms. The monoisotopic (exact) mass is 340 g/mol. The number of nitrogens with zero attached hydrogens (tertiary/aromatic N) is 1. The smallest absolute Gasteiger partial charge is 0.317 e. The minimum atomic E-state index is -0.876. The maximum Gasteiger partial charge on any atom is 0.317 e. The molecule has 2 aliphatic rings. The number of amides is 2. The fourth-order valence-corrected chi connectivity index (χ4v) is 3.18. The first-order valence-electron chi connectivity index (χ1n) is 8.25. The Balaban J connectivity index is 1.53. The summed E-state index contributed by atoms with van der Waals surface area (Å²) in [5, 5.41) is 2.85. The van der Waals surface area contributed by atoms with Gasteiger partial charge < -0.3 is 19.7 Å². The predicted molar refractivity (Wildman–Crippen MR) is 83.6 cm³/mol. The standard InChI is InChI=1S/C17H22F2N2O3/c1-12(13-3-4-14(18)15(19)9-13)10-20-16(22)21-6-2-5-17(11-21)23-7-8-24-17/h3-4,9,12H,2,5-8,10-11H2,1H3,(H,20,22)/t12-/m1/s1. The van der Waals surface area contributed by atoms with Crippen molar-refractivity contribution in [3.63, 3.8) is 0 Å². The SMILES string of the molecule is C[C@H](CNC(=O)N1CCCC2(C1)OCCO2)c1ccc(F)c(F)c1. The molecule has 1 aromatic rings. The van der Waals surface area contributed by atoms with Crippen molar-refractivity contribution in [2.75, 3.05) is 32.8 Å². The second-order valence-corrected chi connectivity index (χ2v) is 6.39. The summed E-state index contributed by atoms with van der Waals surface area (Å²) in [6, 6.07) is 3.61. The molecule has 3 rings (SSSR count). The number of likely N-dealkylation sites (tertiary alicyclic amines) is 1. The van der Waals surface area contributed by atoms with E-state index in [4.69, 9.17) is 9.47 Å². The Morgan fingerprint density at radius 2 is 2.08 bits per heavy atom. The van der Waals surface area contributed by atoms with E-state index in [-0.39, 0.29) is 11.9 Å². The van der Waals surface area contributed by atoms with E-state index < -0.39 is 17.4 Å². The van der Waals surface area contributed by atoms with E-state index in [0.29, 0.717) is 38.4 Å². The highest BCUT2D eigenvalue weighted by Gasteiger charge is 2.42. The summed E-state index contributed by atoms with van der Waals surface area (Å²) in [7, 11) is 0. The van der Waals surface area contributed by atoms with Crippen LogP contribution in [0.4, 0.5) is 13.6 Å². The van der Waals surface area contributed by atoms with Crippen molar-refractivity contribution in [2.45, 2.75) is 31.5 Å². The van der Waals surface area contributed by atoms with Crippen molar-refractivity contribution in [3.05, 3.63) is 35.4 Å². The molecule has 2 aliphatic heterocycles. The van der Waals surface area contributed by atoms with Crippen LogP contribution in [-0.4, -0.2) is 49.6 Å². The van der Waals surface area contributed by atoms with Gasteiger partial charge in [0.25, 0.3) is 0 Å². The molecule has 5 nitrogen and oxygen atoms in total. The number of halogens is 2. The molecule has 24 heavy (non-hydrogen) atoms. The second kappa shape index (κ2) is 7.03. The number of urea groups is 1. The van der Waals surface area contributed by atoms with Crippen LogP contribution in [0.5, 0.6) is 0 Å². The first-order chi connectivity index (χ1) is 11.5. The molecule has 2 fully saturated rings. The zero-order valence-corrected chi connectivity index (χ0v) is 13.7. The van der Waals surface area contributed by atoms with Gasteiger partial charge in [0, 0.05) is 19.5 Å². The number of benzene rings is 1. The van der Waals surface area contributed by atoms with Crippen LogP contribution < -0.4 is 5.32 Å². The predicted octanol–water partition coefficient (Wildman–Crippen LogP) is 2.62. The van der Waals surface area contributed by atoms with E-state index in [1.807, 2.05) is 6.92 Å². The minimum absolute atomic E-state index is 0.123. The van der Waals surface area contributed by atoms with Crippen molar-refractivity contribution in [2.24, 2.45) is 0 Å². The highest BCUT2D eigenvalue weighted by molar-refractivity contribution is 5.74. The number of hydrogen-bond acceptors (Lipinski definition) is 3. The van der Waals surface area contributed by atoms with Crippen LogP contribution in [0, 0.1) is 11.6 Å². The normalized spacial score (nSPS) is 21.0. The third kappa shape index (κ3) is 3.67. The summed E-state index contributed by atoms with van der Waals surface area (Å²) in [6.07, 6.45) is 1.62. The van der Waals surface area contributed by atoms with Crippen molar-refractivity contribution >= 4 is 6.03 Å². The Morgan fingerprint density at radius 1 is 1.33 bits per heavy atom. The molecule has 1 aromatic carbocycles. The number of rotatable bonds is 3. The third-order valence-electron chi connectivity index (χ3n) is 4.59. The summed E-state index contributed by atoms with van der Waals surface area (Å²) >= 11 is 0. The lowest BCUT2D eigenvalue weighted by molar-refractivity contribution is -0.182. The fraction of sp³-hybridized carbons (Fsp3) is 0.588. The van der Waals surface area contributed by atoms with E-state index in [1.54, 1.807) is 4.90 Å². The number of ether oxygens (including phenoxy) is 2. The summed E-state index contributed by atoms with van der Waals surface area (Å²) in [5.41, 5.74) is 0.645. The number of carbonyl (C=O) groups is 1. The van der Waals surface area contributed by atoms with Crippen LogP contribution in [0.2, 0.25) is 0 Å².